The Morgan fingerprint density at radius 1 is 0.775 bits per heavy atom. The summed E-state index contributed by atoms with van der Waals surface area (Å²) in [6, 6.07) is 11.1. The number of nitrogens with one attached hydrogen (secondary N) is 1. The van der Waals surface area contributed by atoms with E-state index in [1.807, 2.05) is 6.07 Å². The van der Waals surface area contributed by atoms with E-state index >= 15 is 4.39 Å². The summed E-state index contributed by atoms with van der Waals surface area (Å²) in [6.07, 6.45) is 13.6. The third kappa shape index (κ3) is 5.37. The number of hydrogen-bond donors (Lipinski definition) is 2. The normalized spacial score (nSPS) is 22.2. The van der Waals surface area contributed by atoms with E-state index < -0.39 is 5.60 Å². The quantitative estimate of drug-likeness (QED) is 0.504. The van der Waals surface area contributed by atoms with Crippen molar-refractivity contribution < 1.29 is 19.1 Å². The third-order valence-corrected chi connectivity index (χ3v) is 9.82. The van der Waals surface area contributed by atoms with E-state index in [-0.39, 0.29) is 23.0 Å². The maximum Gasteiger partial charge on any atom is 0.254 e. The molecular weight excluding hydrogens is 505 g/mol. The lowest BCUT2D eigenvalue weighted by atomic mass is 9.67. The van der Waals surface area contributed by atoms with Gasteiger partial charge in [0.05, 0.1) is 0 Å². The maximum atomic E-state index is 15.6. The first-order chi connectivity index (χ1) is 19.4. The molecule has 2 N–H and O–H groups in total. The maximum absolute atomic E-state index is 15.6. The van der Waals surface area contributed by atoms with Gasteiger partial charge in [0.15, 0.2) is 0 Å². The highest BCUT2D eigenvalue weighted by Gasteiger charge is 2.50. The number of nitrogens with zero attached hydrogens (tertiary/aromatic N) is 2. The van der Waals surface area contributed by atoms with Gasteiger partial charge in [-0.2, -0.15) is 0 Å². The average molecular weight is 548 g/mol. The van der Waals surface area contributed by atoms with Crippen LogP contribution in [0.2, 0.25) is 0 Å². The van der Waals surface area contributed by atoms with Gasteiger partial charge in [0.25, 0.3) is 11.8 Å². The Labute approximate surface area is 236 Å². The molecule has 2 saturated carbocycles. The van der Waals surface area contributed by atoms with E-state index in [1.165, 1.54) is 75.1 Å². The van der Waals surface area contributed by atoms with E-state index in [9.17, 15) is 14.7 Å². The molecule has 6 rings (SSSR count). The van der Waals surface area contributed by atoms with Crippen LogP contribution < -0.4 is 5.32 Å². The summed E-state index contributed by atoms with van der Waals surface area (Å²) in [4.78, 5) is 28.9. The van der Waals surface area contributed by atoms with E-state index in [4.69, 9.17) is 0 Å². The number of piperazine rings is 1. The number of aliphatic hydroxyl groups is 1. The van der Waals surface area contributed by atoms with Gasteiger partial charge < -0.3 is 20.2 Å². The monoisotopic (exact) mass is 547 g/mol. The fourth-order valence-corrected chi connectivity index (χ4v) is 7.13. The predicted octanol–water partition coefficient (Wildman–Crippen LogP) is 5.88. The van der Waals surface area contributed by atoms with Crippen molar-refractivity contribution in [2.24, 2.45) is 0 Å². The van der Waals surface area contributed by atoms with Crippen LogP contribution in [-0.2, 0) is 10.2 Å². The van der Waals surface area contributed by atoms with Crippen molar-refractivity contribution in [1.29, 1.82) is 0 Å². The van der Waals surface area contributed by atoms with Crippen LogP contribution in [0, 0.1) is 5.82 Å². The Kier molecular flexibility index (Phi) is 7.60. The number of carbonyl (C=O) groups excluding carboxylic acids is 2. The first kappa shape index (κ1) is 27.3. The standard InChI is InChI=1S/C33H42FN3O3/c34-28-23-25(30(38)36-18-20-37(21-19-36)31(39)33(40)14-15-33)8-10-26(28)24-9-11-29-27(22-24)32(16-17-35-29)12-6-4-2-1-3-5-7-13-32/h8-11,22-23,35,40H,1-7,12-21H2. The lowest BCUT2D eigenvalue weighted by Gasteiger charge is -2.41. The molecule has 2 amide bonds. The average Bonchev–Trinajstić information content (AvgIpc) is 3.74. The molecule has 7 heteroatoms. The summed E-state index contributed by atoms with van der Waals surface area (Å²) in [7, 11) is 0. The Balaban J connectivity index is 1.19. The molecular formula is C33H42FN3O3. The predicted molar refractivity (Wildman–Crippen MR) is 155 cm³/mol. The van der Waals surface area contributed by atoms with Gasteiger partial charge in [0, 0.05) is 49.5 Å². The second kappa shape index (κ2) is 11.2. The van der Waals surface area contributed by atoms with Crippen LogP contribution in [0.25, 0.3) is 11.1 Å². The van der Waals surface area contributed by atoms with Gasteiger partial charge in [-0.3, -0.25) is 9.59 Å². The van der Waals surface area contributed by atoms with Gasteiger partial charge in [0.2, 0.25) is 0 Å². The summed E-state index contributed by atoms with van der Waals surface area (Å²) in [5.41, 5.74) is 3.19. The first-order valence-electron chi connectivity index (χ1n) is 15.4. The lowest BCUT2D eigenvalue weighted by Crippen LogP contribution is -2.53. The van der Waals surface area contributed by atoms with Crippen LogP contribution in [0.4, 0.5) is 10.1 Å². The van der Waals surface area contributed by atoms with Crippen molar-refractivity contribution >= 4 is 17.5 Å². The molecule has 1 saturated heterocycles. The number of carbonyl (C=O) groups is 2. The third-order valence-electron chi connectivity index (χ3n) is 9.82. The first-order valence-corrected chi connectivity index (χ1v) is 15.4. The van der Waals surface area contributed by atoms with Gasteiger partial charge in [-0.1, -0.05) is 57.1 Å². The summed E-state index contributed by atoms with van der Waals surface area (Å²) in [6.45, 7) is 2.52. The molecule has 6 nitrogen and oxygen atoms in total. The zero-order chi connectivity index (χ0) is 27.7. The lowest BCUT2D eigenvalue weighted by molar-refractivity contribution is -0.143. The molecule has 214 valence electrons. The number of rotatable bonds is 3. The molecule has 2 aromatic rings. The minimum absolute atomic E-state index is 0.152. The Hall–Kier alpha value is -2.93. The largest absolute Gasteiger partial charge is 0.385 e. The number of fused-ring (bicyclic) bond motifs is 2. The molecule has 2 aliphatic heterocycles. The number of hydrogen-bond acceptors (Lipinski definition) is 4. The molecule has 0 radical (unpaired) electrons. The van der Waals surface area contributed by atoms with Gasteiger partial charge in [-0.25, -0.2) is 4.39 Å². The molecule has 3 fully saturated rings. The molecule has 2 aliphatic carbocycles. The van der Waals surface area contributed by atoms with E-state index in [1.54, 1.807) is 21.9 Å². The number of benzene rings is 2. The van der Waals surface area contributed by atoms with Crippen molar-refractivity contribution in [3.63, 3.8) is 0 Å². The summed E-state index contributed by atoms with van der Waals surface area (Å²) in [5.74, 6) is -0.848. The second-order valence-electron chi connectivity index (χ2n) is 12.5. The van der Waals surface area contributed by atoms with Crippen LogP contribution in [-0.4, -0.2) is 65.0 Å². The van der Waals surface area contributed by atoms with Gasteiger partial charge >= 0.3 is 0 Å². The summed E-state index contributed by atoms with van der Waals surface area (Å²) < 4.78 is 15.6. The van der Waals surface area contributed by atoms with Crippen molar-refractivity contribution in [3.8, 4) is 11.1 Å². The Bertz CT molecular complexity index is 1260. The van der Waals surface area contributed by atoms with Gasteiger partial charge in [0.1, 0.15) is 11.4 Å². The Morgan fingerprint density at radius 3 is 2.08 bits per heavy atom. The molecule has 1 spiro atoms. The van der Waals surface area contributed by atoms with Crippen LogP contribution in [0.1, 0.15) is 93.0 Å². The summed E-state index contributed by atoms with van der Waals surface area (Å²) in [5, 5.41) is 13.7. The zero-order valence-corrected chi connectivity index (χ0v) is 23.5. The van der Waals surface area contributed by atoms with Crippen LogP contribution >= 0.6 is 0 Å². The van der Waals surface area contributed by atoms with E-state index in [0.717, 1.165) is 18.5 Å². The number of anilines is 1. The molecule has 0 aromatic heterocycles. The van der Waals surface area contributed by atoms with Crippen molar-refractivity contribution in [1.82, 2.24) is 9.80 Å². The topological polar surface area (TPSA) is 72.9 Å². The minimum Gasteiger partial charge on any atom is -0.385 e. The van der Waals surface area contributed by atoms with Crippen LogP contribution in [0.3, 0.4) is 0 Å². The van der Waals surface area contributed by atoms with E-state index in [0.29, 0.717) is 50.1 Å². The molecule has 2 heterocycles. The smallest absolute Gasteiger partial charge is 0.254 e. The van der Waals surface area contributed by atoms with Crippen molar-refractivity contribution in [2.45, 2.75) is 88.1 Å². The van der Waals surface area contributed by atoms with E-state index in [2.05, 4.69) is 17.4 Å². The molecule has 4 aliphatic rings. The van der Waals surface area contributed by atoms with Gasteiger partial charge in [-0.15, -0.1) is 0 Å². The highest BCUT2D eigenvalue weighted by Crippen LogP contribution is 2.47. The number of amides is 2. The van der Waals surface area contributed by atoms with Crippen LogP contribution in [0.5, 0.6) is 0 Å². The molecule has 2 aromatic carbocycles. The molecule has 40 heavy (non-hydrogen) atoms. The molecule has 0 unspecified atom stereocenters. The van der Waals surface area contributed by atoms with Crippen molar-refractivity contribution in [3.05, 3.63) is 53.3 Å². The SMILES string of the molecule is O=C(c1ccc(-c2ccc3c(c2)C2(CCCCCCCCC2)CCN3)c(F)c1)N1CCN(C(=O)C2(O)CC2)CC1. The fraction of sp³-hybridized carbons (Fsp3) is 0.576. The minimum atomic E-state index is -1.19. The van der Waals surface area contributed by atoms with Crippen molar-refractivity contribution in [2.75, 3.05) is 38.0 Å². The highest BCUT2D eigenvalue weighted by atomic mass is 19.1. The highest BCUT2D eigenvalue weighted by molar-refractivity contribution is 5.95. The zero-order valence-electron chi connectivity index (χ0n) is 23.5. The van der Waals surface area contributed by atoms with Gasteiger partial charge in [-0.05, 0) is 72.9 Å². The Morgan fingerprint density at radius 2 is 1.43 bits per heavy atom. The molecule has 0 bridgehead atoms. The van der Waals surface area contributed by atoms with Crippen LogP contribution in [0.15, 0.2) is 36.4 Å². The second-order valence-corrected chi connectivity index (χ2v) is 12.5. The fourth-order valence-electron chi connectivity index (χ4n) is 7.13. The molecule has 0 atom stereocenters. The summed E-state index contributed by atoms with van der Waals surface area (Å²) >= 11 is 0. The number of halogens is 1.